The van der Waals surface area contributed by atoms with Crippen molar-refractivity contribution < 1.29 is 27.4 Å². The SMILES string of the molecule is Cc1cc(Cl)c(Oc2ccc(S(=O)(=O)Nc3ccc(F)cn3)cc2C#N)cc1C#N.O=CO. The van der Waals surface area contributed by atoms with Crippen LogP contribution in [0.1, 0.15) is 16.7 Å². The normalized spacial score (nSPS) is 10.1. The molecule has 0 aliphatic rings. The van der Waals surface area contributed by atoms with Gasteiger partial charge in [-0.2, -0.15) is 10.5 Å². The summed E-state index contributed by atoms with van der Waals surface area (Å²) >= 11 is 6.15. The number of halogens is 2. The van der Waals surface area contributed by atoms with Crippen molar-refractivity contribution in [3.8, 4) is 23.6 Å². The van der Waals surface area contributed by atoms with Crippen molar-refractivity contribution >= 4 is 33.9 Å². The number of rotatable bonds is 5. The van der Waals surface area contributed by atoms with Gasteiger partial charge in [0.2, 0.25) is 0 Å². The van der Waals surface area contributed by atoms with Crippen LogP contribution in [0, 0.1) is 35.4 Å². The zero-order valence-corrected chi connectivity index (χ0v) is 18.4. The number of hydrogen-bond donors (Lipinski definition) is 2. The quantitative estimate of drug-likeness (QED) is 0.506. The maximum atomic E-state index is 12.9. The second-order valence-electron chi connectivity index (χ2n) is 6.15. The Morgan fingerprint density at radius 2 is 1.79 bits per heavy atom. The third-order valence-corrected chi connectivity index (χ3v) is 5.62. The number of hydrogen-bond acceptors (Lipinski definition) is 7. The molecule has 1 heterocycles. The van der Waals surface area contributed by atoms with Crippen molar-refractivity contribution in [2.45, 2.75) is 11.8 Å². The summed E-state index contributed by atoms with van der Waals surface area (Å²) < 4.78 is 45.9. The highest BCUT2D eigenvalue weighted by atomic mass is 35.5. The van der Waals surface area contributed by atoms with Crippen molar-refractivity contribution in [3.63, 3.8) is 0 Å². The Bertz CT molecular complexity index is 1370. The van der Waals surface area contributed by atoms with E-state index in [2.05, 4.69) is 9.71 Å². The highest BCUT2D eigenvalue weighted by Gasteiger charge is 2.19. The number of nitriles is 2. The number of nitrogens with zero attached hydrogens (tertiary/aromatic N) is 3. The Hall–Kier alpha value is -4.19. The van der Waals surface area contributed by atoms with Gasteiger partial charge in [-0.3, -0.25) is 9.52 Å². The van der Waals surface area contributed by atoms with Gasteiger partial charge in [0.05, 0.1) is 33.3 Å². The van der Waals surface area contributed by atoms with E-state index in [1.807, 2.05) is 12.1 Å². The molecule has 2 aromatic carbocycles. The van der Waals surface area contributed by atoms with Crippen LogP contribution in [0.15, 0.2) is 53.6 Å². The summed E-state index contributed by atoms with van der Waals surface area (Å²) in [5.74, 6) is -0.475. The van der Waals surface area contributed by atoms with Crippen LogP contribution < -0.4 is 9.46 Å². The number of ether oxygens (including phenoxy) is 1. The lowest BCUT2D eigenvalue weighted by Gasteiger charge is -2.12. The van der Waals surface area contributed by atoms with E-state index in [1.54, 1.807) is 13.0 Å². The molecule has 0 amide bonds. The predicted octanol–water partition coefficient (Wildman–Crippen LogP) is 4.22. The summed E-state index contributed by atoms with van der Waals surface area (Å²) in [4.78, 5) is 11.8. The lowest BCUT2D eigenvalue weighted by Crippen LogP contribution is -2.14. The number of carboxylic acid groups (broad SMARTS) is 1. The van der Waals surface area contributed by atoms with E-state index in [4.69, 9.17) is 31.5 Å². The summed E-state index contributed by atoms with van der Waals surface area (Å²) in [5.41, 5.74) is 0.945. The minimum atomic E-state index is -4.08. The molecule has 9 nitrogen and oxygen atoms in total. The third-order valence-electron chi connectivity index (χ3n) is 3.97. The van der Waals surface area contributed by atoms with Gasteiger partial charge in [-0.1, -0.05) is 11.6 Å². The molecular formula is C21H14ClFN4O5S. The zero-order valence-electron chi connectivity index (χ0n) is 16.8. The predicted molar refractivity (Wildman–Crippen MR) is 116 cm³/mol. The number of aromatic nitrogens is 1. The van der Waals surface area contributed by atoms with Gasteiger partial charge in [-0.25, -0.2) is 17.8 Å². The molecule has 0 fully saturated rings. The molecule has 0 saturated carbocycles. The zero-order chi connectivity index (χ0) is 24.6. The van der Waals surface area contributed by atoms with Crippen molar-refractivity contribution in [3.05, 3.63) is 76.2 Å². The highest BCUT2D eigenvalue weighted by molar-refractivity contribution is 7.92. The van der Waals surface area contributed by atoms with E-state index in [-0.39, 0.29) is 39.3 Å². The van der Waals surface area contributed by atoms with Gasteiger partial charge in [-0.15, -0.1) is 0 Å². The van der Waals surface area contributed by atoms with Gasteiger partial charge in [0.1, 0.15) is 29.2 Å². The van der Waals surface area contributed by atoms with Crippen LogP contribution in [0.5, 0.6) is 11.5 Å². The molecule has 0 saturated heterocycles. The van der Waals surface area contributed by atoms with Crippen molar-refractivity contribution in [2.75, 3.05) is 4.72 Å². The number of pyridine rings is 1. The number of sulfonamides is 1. The molecule has 0 radical (unpaired) electrons. The topological polar surface area (TPSA) is 153 Å². The Labute approximate surface area is 193 Å². The molecular weight excluding hydrogens is 475 g/mol. The van der Waals surface area contributed by atoms with Gasteiger partial charge in [-0.05, 0) is 48.9 Å². The largest absolute Gasteiger partial charge is 0.483 e. The first kappa shape index (κ1) is 25.1. The molecule has 0 atom stereocenters. The summed E-state index contributed by atoms with van der Waals surface area (Å²) in [6.07, 6.45) is 0.871. The fraction of sp³-hybridized carbons (Fsp3) is 0.0476. The van der Waals surface area contributed by atoms with E-state index in [0.717, 1.165) is 18.3 Å². The fourth-order valence-corrected chi connectivity index (χ4v) is 3.75. The van der Waals surface area contributed by atoms with Crippen molar-refractivity contribution in [1.29, 1.82) is 10.5 Å². The van der Waals surface area contributed by atoms with Crippen LogP contribution in [0.4, 0.5) is 10.2 Å². The van der Waals surface area contributed by atoms with E-state index in [0.29, 0.717) is 11.1 Å². The molecule has 0 aliphatic carbocycles. The van der Waals surface area contributed by atoms with Crippen LogP contribution in [-0.4, -0.2) is 25.0 Å². The van der Waals surface area contributed by atoms with Crippen LogP contribution in [0.25, 0.3) is 0 Å². The maximum Gasteiger partial charge on any atom is 0.290 e. The summed E-state index contributed by atoms with van der Waals surface area (Å²) in [6, 6.07) is 12.7. The van der Waals surface area contributed by atoms with Gasteiger partial charge < -0.3 is 9.84 Å². The van der Waals surface area contributed by atoms with Gasteiger partial charge >= 0.3 is 0 Å². The second-order valence-corrected chi connectivity index (χ2v) is 8.24. The van der Waals surface area contributed by atoms with Crippen LogP contribution in [0.3, 0.4) is 0 Å². The molecule has 168 valence electrons. The maximum absolute atomic E-state index is 12.9. The second kappa shape index (κ2) is 10.9. The molecule has 0 bridgehead atoms. The molecule has 0 aliphatic heterocycles. The number of carbonyl (C=O) groups is 1. The Morgan fingerprint density at radius 3 is 2.36 bits per heavy atom. The Kier molecular flexibility index (Phi) is 8.29. The third kappa shape index (κ3) is 6.40. The molecule has 3 rings (SSSR count). The minimum absolute atomic E-state index is 0.0611. The smallest absolute Gasteiger partial charge is 0.290 e. The van der Waals surface area contributed by atoms with E-state index < -0.39 is 15.8 Å². The number of aryl methyl sites for hydroxylation is 1. The first-order chi connectivity index (χ1) is 15.6. The summed E-state index contributed by atoms with van der Waals surface area (Å²) in [6.45, 7) is 1.47. The molecule has 0 spiro atoms. The Morgan fingerprint density at radius 1 is 1.12 bits per heavy atom. The Balaban J connectivity index is 0.00000122. The first-order valence-electron chi connectivity index (χ1n) is 8.79. The lowest BCUT2D eigenvalue weighted by atomic mass is 10.1. The van der Waals surface area contributed by atoms with Crippen LogP contribution >= 0.6 is 11.6 Å². The minimum Gasteiger partial charge on any atom is -0.483 e. The van der Waals surface area contributed by atoms with Gasteiger partial charge in [0.25, 0.3) is 16.5 Å². The van der Waals surface area contributed by atoms with E-state index >= 15 is 0 Å². The first-order valence-corrected chi connectivity index (χ1v) is 10.7. The molecule has 33 heavy (non-hydrogen) atoms. The van der Waals surface area contributed by atoms with Crippen molar-refractivity contribution in [2.24, 2.45) is 0 Å². The number of anilines is 1. The van der Waals surface area contributed by atoms with E-state index in [9.17, 15) is 18.1 Å². The van der Waals surface area contributed by atoms with Crippen LogP contribution in [-0.2, 0) is 14.8 Å². The van der Waals surface area contributed by atoms with Gasteiger partial charge in [0, 0.05) is 6.07 Å². The fourth-order valence-electron chi connectivity index (χ4n) is 2.46. The van der Waals surface area contributed by atoms with E-state index in [1.165, 1.54) is 24.3 Å². The van der Waals surface area contributed by atoms with Crippen molar-refractivity contribution in [1.82, 2.24) is 4.98 Å². The molecule has 1 aromatic heterocycles. The molecule has 12 heteroatoms. The molecule has 0 unspecified atom stereocenters. The molecule has 2 N–H and O–H groups in total. The summed E-state index contributed by atoms with van der Waals surface area (Å²) in [5, 5.41) is 25.7. The van der Waals surface area contributed by atoms with Crippen LogP contribution in [0.2, 0.25) is 5.02 Å². The highest BCUT2D eigenvalue weighted by Crippen LogP contribution is 2.34. The van der Waals surface area contributed by atoms with Gasteiger partial charge in [0.15, 0.2) is 0 Å². The standard InChI is InChI=1S/C20H12ClFN4O3S.CH2O2/c1-12-6-17(21)19(8-13(12)9-23)29-18-4-3-16(7-14(18)10-24)30(27,28)26-20-5-2-15(22)11-25-20;2-1-3/h2-8,11H,1H3,(H,25,26);1H,(H,2,3). The monoisotopic (exact) mass is 488 g/mol. The summed E-state index contributed by atoms with van der Waals surface area (Å²) in [7, 11) is -4.08. The average Bonchev–Trinajstić information content (AvgIpc) is 2.77. The number of nitrogens with one attached hydrogen (secondary N) is 1. The number of benzene rings is 2. The lowest BCUT2D eigenvalue weighted by molar-refractivity contribution is -0.122. The average molecular weight is 489 g/mol. The molecule has 3 aromatic rings.